The highest BCUT2D eigenvalue weighted by Crippen LogP contribution is 2.33. The third kappa shape index (κ3) is 3.28. The predicted octanol–water partition coefficient (Wildman–Crippen LogP) is 4.56. The van der Waals surface area contributed by atoms with Gasteiger partial charge in [-0.3, -0.25) is 4.79 Å². The zero-order chi connectivity index (χ0) is 17.2. The number of hydrogen-bond donors (Lipinski definition) is 2. The summed E-state index contributed by atoms with van der Waals surface area (Å²) in [6.45, 7) is 2.75. The van der Waals surface area contributed by atoms with Crippen LogP contribution in [0, 0.1) is 0 Å². The highest BCUT2D eigenvalue weighted by molar-refractivity contribution is 7.18. The van der Waals surface area contributed by atoms with Crippen molar-refractivity contribution in [3.63, 3.8) is 0 Å². The zero-order valence-corrected chi connectivity index (χ0v) is 15.3. The van der Waals surface area contributed by atoms with Gasteiger partial charge in [0.1, 0.15) is 10.7 Å². The van der Waals surface area contributed by atoms with Gasteiger partial charge in [0.15, 0.2) is 0 Å². The summed E-state index contributed by atoms with van der Waals surface area (Å²) in [6.07, 6.45) is 0. The number of benzene rings is 1. The van der Waals surface area contributed by atoms with E-state index in [-0.39, 0.29) is 11.6 Å². The summed E-state index contributed by atoms with van der Waals surface area (Å²) < 4.78 is 0. The lowest BCUT2D eigenvalue weighted by Crippen LogP contribution is -2.23. The number of H-pyrrole nitrogens is 1. The van der Waals surface area contributed by atoms with Crippen molar-refractivity contribution in [2.45, 2.75) is 19.5 Å². The van der Waals surface area contributed by atoms with E-state index in [9.17, 15) is 4.79 Å². The minimum Gasteiger partial charge on any atom is -0.309 e. The number of thiophene rings is 2. The van der Waals surface area contributed by atoms with Crippen molar-refractivity contribution in [3.8, 4) is 10.4 Å². The van der Waals surface area contributed by atoms with Crippen molar-refractivity contribution >= 4 is 32.9 Å². The Morgan fingerprint density at radius 2 is 2.00 bits per heavy atom. The third-order valence-electron chi connectivity index (χ3n) is 4.11. The molecular formula is C19H17N3OS2. The second-order valence-corrected chi connectivity index (χ2v) is 7.65. The molecule has 0 saturated heterocycles. The Kier molecular flexibility index (Phi) is 4.48. The Labute approximate surface area is 153 Å². The minimum absolute atomic E-state index is 0.0374. The van der Waals surface area contributed by atoms with Crippen molar-refractivity contribution in [2.24, 2.45) is 0 Å². The number of fused-ring (bicyclic) bond motifs is 1. The van der Waals surface area contributed by atoms with E-state index in [1.165, 1.54) is 16.9 Å². The molecule has 3 heterocycles. The molecule has 4 rings (SSSR count). The molecule has 0 radical (unpaired) electrons. The van der Waals surface area contributed by atoms with E-state index < -0.39 is 0 Å². The fraction of sp³-hybridized carbons (Fsp3) is 0.158. The summed E-state index contributed by atoms with van der Waals surface area (Å²) in [5, 5.41) is 8.14. The van der Waals surface area contributed by atoms with Crippen LogP contribution in [0.3, 0.4) is 0 Å². The molecule has 1 atom stereocenters. The van der Waals surface area contributed by atoms with Crippen LogP contribution in [0.2, 0.25) is 0 Å². The zero-order valence-electron chi connectivity index (χ0n) is 13.7. The van der Waals surface area contributed by atoms with Crippen LogP contribution in [0.15, 0.2) is 58.0 Å². The number of nitrogens with one attached hydrogen (secondary N) is 2. The van der Waals surface area contributed by atoms with E-state index in [0.717, 1.165) is 21.8 Å². The standard InChI is InChI=1S/C19H17N3OS2/c1-12(20-10-13-6-3-2-4-7-13)17-21-18(23)16-14(11-25-19(16)22-17)15-8-5-9-24-15/h2-9,11-12,20H,10H2,1H3,(H,21,22,23)/t12-/m0/s1. The second-order valence-electron chi connectivity index (χ2n) is 5.85. The molecule has 0 spiro atoms. The van der Waals surface area contributed by atoms with Crippen molar-refractivity contribution < 1.29 is 0 Å². The first-order chi connectivity index (χ1) is 12.2. The van der Waals surface area contributed by atoms with Crippen molar-refractivity contribution in [2.75, 3.05) is 0 Å². The molecule has 0 fully saturated rings. The van der Waals surface area contributed by atoms with Crippen LogP contribution in [0.25, 0.3) is 20.7 Å². The van der Waals surface area contributed by atoms with E-state index in [4.69, 9.17) is 0 Å². The lowest BCUT2D eigenvalue weighted by molar-refractivity contribution is 0.547. The Morgan fingerprint density at radius 3 is 2.76 bits per heavy atom. The van der Waals surface area contributed by atoms with Gasteiger partial charge in [-0.25, -0.2) is 4.98 Å². The van der Waals surface area contributed by atoms with E-state index >= 15 is 0 Å². The first-order valence-corrected chi connectivity index (χ1v) is 9.81. The SMILES string of the molecule is C[C@H](NCc1ccccc1)c1nc2scc(-c3cccs3)c2c(=O)[nH]1. The van der Waals surface area contributed by atoms with E-state index in [1.807, 2.05) is 48.0 Å². The number of aromatic nitrogens is 2. The number of hydrogen-bond acceptors (Lipinski definition) is 5. The third-order valence-corrected chi connectivity index (χ3v) is 5.89. The largest absolute Gasteiger partial charge is 0.309 e. The minimum atomic E-state index is -0.0713. The van der Waals surface area contributed by atoms with Gasteiger partial charge in [-0.05, 0) is 23.9 Å². The molecule has 0 bridgehead atoms. The summed E-state index contributed by atoms with van der Waals surface area (Å²) >= 11 is 3.15. The monoisotopic (exact) mass is 367 g/mol. The van der Waals surface area contributed by atoms with Crippen molar-refractivity contribution in [3.05, 3.63) is 75.0 Å². The summed E-state index contributed by atoms with van der Waals surface area (Å²) in [4.78, 5) is 22.2. The second kappa shape index (κ2) is 6.92. The van der Waals surface area contributed by atoms with E-state index in [2.05, 4.69) is 27.4 Å². The molecule has 6 heteroatoms. The first-order valence-electron chi connectivity index (χ1n) is 8.05. The van der Waals surface area contributed by atoms with Crippen molar-refractivity contribution in [1.82, 2.24) is 15.3 Å². The van der Waals surface area contributed by atoms with Crippen LogP contribution in [-0.4, -0.2) is 9.97 Å². The van der Waals surface area contributed by atoms with Crippen LogP contribution < -0.4 is 10.9 Å². The van der Waals surface area contributed by atoms with Gasteiger partial charge in [-0.2, -0.15) is 0 Å². The Morgan fingerprint density at radius 1 is 1.16 bits per heavy atom. The van der Waals surface area contributed by atoms with Crippen LogP contribution in [0.5, 0.6) is 0 Å². The van der Waals surface area contributed by atoms with Crippen molar-refractivity contribution in [1.29, 1.82) is 0 Å². The highest BCUT2D eigenvalue weighted by atomic mass is 32.1. The summed E-state index contributed by atoms with van der Waals surface area (Å²) in [5.41, 5.74) is 2.10. The average Bonchev–Trinajstić information content (AvgIpc) is 3.29. The van der Waals surface area contributed by atoms with Crippen LogP contribution in [-0.2, 0) is 6.54 Å². The molecule has 0 aliphatic carbocycles. The summed E-state index contributed by atoms with van der Waals surface area (Å²) in [5.74, 6) is 0.674. The maximum absolute atomic E-state index is 12.6. The molecule has 1 aromatic carbocycles. The molecule has 0 aliphatic rings. The number of rotatable bonds is 5. The maximum Gasteiger partial charge on any atom is 0.260 e. The predicted molar refractivity (Wildman–Crippen MR) is 105 cm³/mol. The van der Waals surface area contributed by atoms with Gasteiger partial charge in [0.05, 0.1) is 11.4 Å². The number of nitrogens with zero attached hydrogens (tertiary/aromatic N) is 1. The van der Waals surface area contributed by atoms with Gasteiger partial charge in [-0.15, -0.1) is 22.7 Å². The maximum atomic E-state index is 12.6. The molecule has 0 amide bonds. The molecule has 0 saturated carbocycles. The first kappa shape index (κ1) is 16.2. The van der Waals surface area contributed by atoms with E-state index in [1.54, 1.807) is 11.3 Å². The van der Waals surface area contributed by atoms with Gasteiger partial charge in [-0.1, -0.05) is 36.4 Å². The molecule has 0 aliphatic heterocycles. The molecule has 126 valence electrons. The average molecular weight is 367 g/mol. The van der Waals surface area contributed by atoms with Gasteiger partial charge in [0.25, 0.3) is 5.56 Å². The summed E-state index contributed by atoms with van der Waals surface area (Å²) in [7, 11) is 0. The van der Waals surface area contributed by atoms with Crippen LogP contribution in [0.1, 0.15) is 24.4 Å². The number of aromatic amines is 1. The van der Waals surface area contributed by atoms with E-state index in [0.29, 0.717) is 11.2 Å². The molecule has 3 aromatic heterocycles. The van der Waals surface area contributed by atoms with Crippen LogP contribution >= 0.6 is 22.7 Å². The molecular weight excluding hydrogens is 350 g/mol. The normalized spacial score (nSPS) is 12.5. The Bertz CT molecular complexity index is 1040. The van der Waals surface area contributed by atoms with Crippen LogP contribution in [0.4, 0.5) is 0 Å². The Hall–Kier alpha value is -2.28. The molecule has 25 heavy (non-hydrogen) atoms. The lowest BCUT2D eigenvalue weighted by atomic mass is 10.2. The fourth-order valence-corrected chi connectivity index (χ4v) is 4.52. The van der Waals surface area contributed by atoms with Gasteiger partial charge >= 0.3 is 0 Å². The molecule has 4 nitrogen and oxygen atoms in total. The highest BCUT2D eigenvalue weighted by Gasteiger charge is 2.16. The van der Waals surface area contributed by atoms with Gasteiger partial charge in [0.2, 0.25) is 0 Å². The van der Waals surface area contributed by atoms with Gasteiger partial charge in [0, 0.05) is 22.4 Å². The topological polar surface area (TPSA) is 57.8 Å². The summed E-state index contributed by atoms with van der Waals surface area (Å²) in [6, 6.07) is 14.2. The molecule has 0 unspecified atom stereocenters. The fourth-order valence-electron chi connectivity index (χ4n) is 2.75. The smallest absolute Gasteiger partial charge is 0.260 e. The lowest BCUT2D eigenvalue weighted by Gasteiger charge is -2.13. The van der Waals surface area contributed by atoms with Gasteiger partial charge < -0.3 is 10.3 Å². The quantitative estimate of drug-likeness (QED) is 0.543. The molecule has 2 N–H and O–H groups in total. The Balaban J connectivity index is 1.62. The molecule has 4 aromatic rings.